The number of rotatable bonds is 6. The number of esters is 2. The van der Waals surface area contributed by atoms with E-state index in [-0.39, 0.29) is 22.9 Å². The molecule has 1 atom stereocenters. The number of halogens is 1. The van der Waals surface area contributed by atoms with Gasteiger partial charge in [0.2, 0.25) is 0 Å². The number of nitro benzene ring substituents is 1. The van der Waals surface area contributed by atoms with E-state index >= 15 is 0 Å². The number of carbonyl (C=O) groups is 2. The average Bonchev–Trinajstić information content (AvgIpc) is 2.37. The highest BCUT2D eigenvalue weighted by Gasteiger charge is 2.20. The lowest BCUT2D eigenvalue weighted by Gasteiger charge is -2.13. The molecule has 0 amide bonds. The number of nitro groups is 1. The van der Waals surface area contributed by atoms with Crippen molar-refractivity contribution in [2.24, 2.45) is 0 Å². The standard InChI is InChI=1S/C13H14ClNO6/c1-3-20-12(16)6-8(2)21-13(17)10-7-9(15(18)19)4-5-11(10)14/h4-5,7-8H,3,6H2,1-2H3/t8-/m0/s1/i8D. The monoisotopic (exact) mass is 316 g/mol. The van der Waals surface area contributed by atoms with Crippen molar-refractivity contribution < 1.29 is 25.4 Å². The van der Waals surface area contributed by atoms with Crippen LogP contribution in [-0.2, 0) is 14.3 Å². The lowest BCUT2D eigenvalue weighted by atomic mass is 10.2. The molecule has 0 aromatic heterocycles. The number of benzene rings is 1. The van der Waals surface area contributed by atoms with Gasteiger partial charge in [0, 0.05) is 12.1 Å². The summed E-state index contributed by atoms with van der Waals surface area (Å²) < 4.78 is 17.4. The largest absolute Gasteiger partial charge is 0.466 e. The summed E-state index contributed by atoms with van der Waals surface area (Å²) in [7, 11) is 0. The van der Waals surface area contributed by atoms with Gasteiger partial charge in [-0.1, -0.05) is 11.6 Å². The van der Waals surface area contributed by atoms with Crippen LogP contribution in [0.4, 0.5) is 5.69 Å². The van der Waals surface area contributed by atoms with E-state index in [2.05, 4.69) is 4.74 Å². The Morgan fingerprint density at radius 2 is 2.19 bits per heavy atom. The molecular formula is C13H14ClNO6. The molecule has 7 nitrogen and oxygen atoms in total. The van der Waals surface area contributed by atoms with Crippen molar-refractivity contribution in [3.05, 3.63) is 38.9 Å². The maximum atomic E-state index is 12.0. The Bertz CT molecular complexity index is 604. The molecule has 21 heavy (non-hydrogen) atoms. The summed E-state index contributed by atoms with van der Waals surface area (Å²) in [5.41, 5.74) is -0.591. The van der Waals surface area contributed by atoms with E-state index in [1.165, 1.54) is 13.0 Å². The fourth-order valence-corrected chi connectivity index (χ4v) is 1.64. The van der Waals surface area contributed by atoms with Crippen molar-refractivity contribution in [1.82, 2.24) is 0 Å². The fourth-order valence-electron chi connectivity index (χ4n) is 1.45. The van der Waals surface area contributed by atoms with Gasteiger partial charge < -0.3 is 9.47 Å². The fraction of sp³-hybridized carbons (Fsp3) is 0.385. The van der Waals surface area contributed by atoms with Crippen LogP contribution in [0, 0.1) is 10.1 Å². The molecule has 0 spiro atoms. The number of carbonyl (C=O) groups excluding carboxylic acids is 2. The molecule has 114 valence electrons. The minimum Gasteiger partial charge on any atom is -0.466 e. The third kappa shape index (κ3) is 5.03. The summed E-state index contributed by atoms with van der Waals surface area (Å²) in [4.78, 5) is 33.3. The molecule has 1 aromatic rings. The van der Waals surface area contributed by atoms with Gasteiger partial charge in [0.1, 0.15) is 6.08 Å². The molecule has 1 aromatic carbocycles. The zero-order valence-corrected chi connectivity index (χ0v) is 12.2. The summed E-state index contributed by atoms with van der Waals surface area (Å²) in [5.74, 6) is -1.73. The topological polar surface area (TPSA) is 95.7 Å². The van der Waals surface area contributed by atoms with Crippen LogP contribution in [0.2, 0.25) is 5.02 Å². The molecule has 0 bridgehead atoms. The lowest BCUT2D eigenvalue weighted by molar-refractivity contribution is -0.384. The van der Waals surface area contributed by atoms with Gasteiger partial charge >= 0.3 is 11.9 Å². The van der Waals surface area contributed by atoms with Crippen LogP contribution in [0.5, 0.6) is 0 Å². The molecule has 0 radical (unpaired) electrons. The molecule has 0 aliphatic rings. The van der Waals surface area contributed by atoms with E-state index in [0.29, 0.717) is 0 Å². The van der Waals surface area contributed by atoms with Crippen LogP contribution in [0.15, 0.2) is 18.2 Å². The maximum absolute atomic E-state index is 12.0. The Labute approximate surface area is 127 Å². The van der Waals surface area contributed by atoms with Crippen molar-refractivity contribution >= 4 is 29.2 Å². The molecule has 8 heteroatoms. The molecule has 0 saturated carbocycles. The van der Waals surface area contributed by atoms with E-state index in [1.807, 2.05) is 0 Å². The van der Waals surface area contributed by atoms with Gasteiger partial charge in [-0.2, -0.15) is 0 Å². The molecule has 0 heterocycles. The first-order valence-electron chi connectivity index (χ1n) is 6.49. The first-order valence-corrected chi connectivity index (χ1v) is 6.37. The predicted molar refractivity (Wildman–Crippen MR) is 74.2 cm³/mol. The van der Waals surface area contributed by atoms with Gasteiger partial charge in [0.25, 0.3) is 5.69 Å². The van der Waals surface area contributed by atoms with Crippen molar-refractivity contribution in [3.8, 4) is 0 Å². The van der Waals surface area contributed by atoms with Crippen molar-refractivity contribution in [2.45, 2.75) is 26.3 Å². The number of non-ortho nitro benzene ring substituents is 1. The molecule has 0 saturated heterocycles. The number of nitrogens with zero attached hydrogens (tertiary/aromatic N) is 1. The molecule has 0 fully saturated rings. The second-order valence-electron chi connectivity index (χ2n) is 3.99. The van der Waals surface area contributed by atoms with E-state index in [9.17, 15) is 19.7 Å². The van der Waals surface area contributed by atoms with Crippen molar-refractivity contribution in [1.29, 1.82) is 0 Å². The van der Waals surface area contributed by atoms with Crippen LogP contribution in [0.25, 0.3) is 0 Å². The van der Waals surface area contributed by atoms with Crippen LogP contribution in [0.1, 0.15) is 32.0 Å². The van der Waals surface area contributed by atoms with E-state index in [0.717, 1.165) is 12.1 Å². The number of ether oxygens (including phenoxy) is 2. The van der Waals surface area contributed by atoms with Gasteiger partial charge in [-0.3, -0.25) is 14.9 Å². The molecule has 0 N–H and O–H groups in total. The lowest BCUT2D eigenvalue weighted by Crippen LogP contribution is -2.20. The van der Waals surface area contributed by atoms with Gasteiger partial charge in [0.05, 0.1) is 29.9 Å². The van der Waals surface area contributed by atoms with Gasteiger partial charge in [0.15, 0.2) is 0 Å². The van der Waals surface area contributed by atoms with Gasteiger partial charge in [-0.25, -0.2) is 4.79 Å². The smallest absolute Gasteiger partial charge is 0.340 e. The Morgan fingerprint density at radius 3 is 2.76 bits per heavy atom. The highest BCUT2D eigenvalue weighted by Crippen LogP contribution is 2.23. The second kappa shape index (κ2) is 7.58. The summed E-state index contributed by atoms with van der Waals surface area (Å²) in [6.07, 6.45) is -2.35. The normalized spacial score (nSPS) is 13.8. The van der Waals surface area contributed by atoms with Crippen LogP contribution < -0.4 is 0 Å². The molecule has 0 aliphatic heterocycles. The van der Waals surface area contributed by atoms with Gasteiger partial charge in [-0.15, -0.1) is 0 Å². The second-order valence-corrected chi connectivity index (χ2v) is 4.40. The highest BCUT2D eigenvalue weighted by molar-refractivity contribution is 6.33. The Balaban J connectivity index is 2.90. The summed E-state index contributed by atoms with van der Waals surface area (Å²) >= 11 is 5.80. The number of hydrogen-bond acceptors (Lipinski definition) is 6. The maximum Gasteiger partial charge on any atom is 0.340 e. The summed E-state index contributed by atoms with van der Waals surface area (Å²) in [6, 6.07) is 3.27. The minimum atomic E-state index is -1.88. The van der Waals surface area contributed by atoms with Crippen molar-refractivity contribution in [2.75, 3.05) is 6.61 Å². The zero-order valence-electron chi connectivity index (χ0n) is 12.4. The Morgan fingerprint density at radius 1 is 1.52 bits per heavy atom. The highest BCUT2D eigenvalue weighted by atomic mass is 35.5. The minimum absolute atomic E-state index is 0.0532. The quantitative estimate of drug-likeness (QED) is 0.455. The van der Waals surface area contributed by atoms with E-state index < -0.39 is 29.4 Å². The molecule has 1 rings (SSSR count). The van der Waals surface area contributed by atoms with Gasteiger partial charge in [-0.05, 0) is 19.9 Å². The summed E-state index contributed by atoms with van der Waals surface area (Å²) in [6.45, 7) is 2.95. The Kier molecular flexibility index (Phi) is 5.51. The molecule has 0 unspecified atom stereocenters. The van der Waals surface area contributed by atoms with Crippen LogP contribution in [0.3, 0.4) is 0 Å². The molecular weight excluding hydrogens is 302 g/mol. The van der Waals surface area contributed by atoms with E-state index in [4.69, 9.17) is 17.7 Å². The first kappa shape index (κ1) is 15.2. The zero-order chi connectivity index (χ0) is 16.9. The Hall–Kier alpha value is -2.15. The summed E-state index contributed by atoms with van der Waals surface area (Å²) in [5, 5.41) is 10.6. The average molecular weight is 317 g/mol. The van der Waals surface area contributed by atoms with Crippen LogP contribution in [-0.4, -0.2) is 29.5 Å². The predicted octanol–water partition coefficient (Wildman–Crippen LogP) is 2.75. The third-order valence-corrected chi connectivity index (χ3v) is 2.68. The third-order valence-electron chi connectivity index (χ3n) is 2.35. The van der Waals surface area contributed by atoms with Crippen LogP contribution >= 0.6 is 11.6 Å². The molecule has 0 aliphatic carbocycles. The number of hydrogen-bond donors (Lipinski definition) is 0. The first-order chi connectivity index (χ1) is 10.2. The van der Waals surface area contributed by atoms with Crippen molar-refractivity contribution in [3.63, 3.8) is 0 Å². The SMILES string of the molecule is [2H][C@](C)(CC(=O)OCC)OC(=O)c1cc([N+](=O)[O-])ccc1Cl. The van der Waals surface area contributed by atoms with E-state index in [1.54, 1.807) is 6.92 Å².